The predicted octanol–water partition coefficient (Wildman–Crippen LogP) is 1.80. The van der Waals surface area contributed by atoms with E-state index in [9.17, 15) is 8.42 Å². The van der Waals surface area contributed by atoms with Gasteiger partial charge in [-0.1, -0.05) is 6.07 Å². The molecule has 0 aliphatic rings. The summed E-state index contributed by atoms with van der Waals surface area (Å²) >= 11 is 1.29. The second-order valence-corrected chi connectivity index (χ2v) is 6.10. The smallest absolute Gasteiger partial charge is 0.264 e. The number of nitriles is 2. The average Bonchev–Trinajstić information content (AvgIpc) is 2.32. The molecule has 1 aromatic carbocycles. The molecule has 7 heteroatoms. The summed E-state index contributed by atoms with van der Waals surface area (Å²) in [6.45, 7) is 0. The van der Waals surface area contributed by atoms with Crippen molar-refractivity contribution in [1.29, 1.82) is 10.5 Å². The molecule has 0 saturated heterocycles. The normalized spacial score (nSPS) is 10.6. The highest BCUT2D eigenvalue weighted by Crippen LogP contribution is 2.25. The molecule has 0 saturated carbocycles. The SMILES string of the molecule is N#Cc1cccc(SCCCS(=O)(=O)O)c1C#N. The average molecular weight is 282 g/mol. The van der Waals surface area contributed by atoms with E-state index in [4.69, 9.17) is 15.1 Å². The summed E-state index contributed by atoms with van der Waals surface area (Å²) in [6.07, 6.45) is 0.283. The molecule has 1 rings (SSSR count). The first-order valence-corrected chi connectivity index (χ1v) is 7.58. The van der Waals surface area contributed by atoms with Crippen molar-refractivity contribution in [2.45, 2.75) is 11.3 Å². The number of benzene rings is 1. The molecule has 0 bridgehead atoms. The zero-order valence-corrected chi connectivity index (χ0v) is 11.0. The monoisotopic (exact) mass is 282 g/mol. The Labute approximate surface area is 110 Å². The van der Waals surface area contributed by atoms with Gasteiger partial charge in [-0.15, -0.1) is 11.8 Å². The molecular weight excluding hydrogens is 272 g/mol. The minimum atomic E-state index is -3.94. The van der Waals surface area contributed by atoms with Crippen LogP contribution in [0, 0.1) is 22.7 Å². The first kappa shape index (κ1) is 14.5. The third kappa shape index (κ3) is 4.38. The number of thioether (sulfide) groups is 1. The van der Waals surface area contributed by atoms with Crippen molar-refractivity contribution < 1.29 is 13.0 Å². The van der Waals surface area contributed by atoms with E-state index in [1.807, 2.05) is 12.1 Å². The lowest BCUT2D eigenvalue weighted by molar-refractivity contribution is 0.482. The van der Waals surface area contributed by atoms with Gasteiger partial charge in [-0.3, -0.25) is 4.55 Å². The Morgan fingerprint density at radius 2 is 2.00 bits per heavy atom. The summed E-state index contributed by atoms with van der Waals surface area (Å²) in [6, 6.07) is 8.82. The van der Waals surface area contributed by atoms with Crippen molar-refractivity contribution in [3.63, 3.8) is 0 Å². The Kier molecular flexibility index (Phi) is 5.17. The number of hydrogen-bond acceptors (Lipinski definition) is 5. The lowest BCUT2D eigenvalue weighted by Gasteiger charge is -2.04. The van der Waals surface area contributed by atoms with E-state index in [2.05, 4.69) is 0 Å². The van der Waals surface area contributed by atoms with E-state index in [-0.39, 0.29) is 12.2 Å². The Morgan fingerprint density at radius 1 is 1.28 bits per heavy atom. The van der Waals surface area contributed by atoms with Gasteiger partial charge in [0.25, 0.3) is 10.1 Å². The summed E-state index contributed by atoms with van der Waals surface area (Å²) in [5.74, 6) is 0.142. The third-order valence-corrected chi connectivity index (χ3v) is 4.01. The fraction of sp³-hybridized carbons (Fsp3) is 0.273. The maximum atomic E-state index is 10.5. The third-order valence-electron chi connectivity index (χ3n) is 2.06. The minimum absolute atomic E-state index is 0.283. The van der Waals surface area contributed by atoms with Crippen molar-refractivity contribution in [3.8, 4) is 12.1 Å². The molecule has 18 heavy (non-hydrogen) atoms. The molecule has 0 heterocycles. The fourth-order valence-electron chi connectivity index (χ4n) is 1.28. The minimum Gasteiger partial charge on any atom is -0.286 e. The van der Waals surface area contributed by atoms with Crippen molar-refractivity contribution in [1.82, 2.24) is 0 Å². The number of nitrogens with zero attached hydrogens (tertiary/aromatic N) is 2. The highest BCUT2D eigenvalue weighted by atomic mass is 32.2. The molecule has 0 unspecified atom stereocenters. The summed E-state index contributed by atoms with van der Waals surface area (Å²) in [7, 11) is -3.94. The first-order chi connectivity index (χ1) is 8.48. The summed E-state index contributed by atoms with van der Waals surface area (Å²) < 4.78 is 29.6. The highest BCUT2D eigenvalue weighted by Gasteiger charge is 2.09. The van der Waals surface area contributed by atoms with E-state index < -0.39 is 10.1 Å². The van der Waals surface area contributed by atoms with Crippen LogP contribution in [0.5, 0.6) is 0 Å². The van der Waals surface area contributed by atoms with E-state index in [0.29, 0.717) is 21.8 Å². The molecule has 0 spiro atoms. The van der Waals surface area contributed by atoms with Gasteiger partial charge in [0.2, 0.25) is 0 Å². The van der Waals surface area contributed by atoms with Crippen LogP contribution >= 0.6 is 11.8 Å². The summed E-state index contributed by atoms with van der Waals surface area (Å²) in [5, 5.41) is 17.8. The molecule has 0 aliphatic heterocycles. The van der Waals surface area contributed by atoms with E-state index in [1.54, 1.807) is 18.2 Å². The van der Waals surface area contributed by atoms with Crippen LogP contribution in [0.3, 0.4) is 0 Å². The van der Waals surface area contributed by atoms with Gasteiger partial charge in [-0.25, -0.2) is 0 Å². The van der Waals surface area contributed by atoms with Crippen LogP contribution in [0.4, 0.5) is 0 Å². The molecule has 0 radical (unpaired) electrons. The van der Waals surface area contributed by atoms with E-state index in [0.717, 1.165) is 0 Å². The van der Waals surface area contributed by atoms with Gasteiger partial charge in [0, 0.05) is 4.90 Å². The van der Waals surface area contributed by atoms with Gasteiger partial charge in [0.1, 0.15) is 12.1 Å². The molecule has 0 fully saturated rings. The highest BCUT2D eigenvalue weighted by molar-refractivity contribution is 7.99. The standard InChI is InChI=1S/C11H10N2O3S2/c12-7-9-3-1-4-11(10(9)8-13)17-5-2-6-18(14,15)16/h1,3-4H,2,5-6H2,(H,14,15,16). The fourth-order valence-corrected chi connectivity index (χ4v) is 2.96. The van der Waals surface area contributed by atoms with E-state index in [1.165, 1.54) is 11.8 Å². The molecule has 0 aromatic heterocycles. The number of rotatable bonds is 5. The van der Waals surface area contributed by atoms with Gasteiger partial charge in [-0.05, 0) is 24.3 Å². The quantitative estimate of drug-likeness (QED) is 0.502. The van der Waals surface area contributed by atoms with Gasteiger partial charge >= 0.3 is 0 Å². The predicted molar refractivity (Wildman–Crippen MR) is 67.6 cm³/mol. The van der Waals surface area contributed by atoms with Crippen molar-refractivity contribution in [2.24, 2.45) is 0 Å². The van der Waals surface area contributed by atoms with Crippen LogP contribution in [0.1, 0.15) is 17.5 Å². The van der Waals surface area contributed by atoms with Crippen LogP contribution in [-0.4, -0.2) is 24.5 Å². The molecule has 5 nitrogen and oxygen atoms in total. The van der Waals surface area contributed by atoms with Crippen molar-refractivity contribution in [2.75, 3.05) is 11.5 Å². The topological polar surface area (TPSA) is 102 Å². The Hall–Kier alpha value is -1.54. The lowest BCUT2D eigenvalue weighted by atomic mass is 10.1. The lowest BCUT2D eigenvalue weighted by Crippen LogP contribution is -2.04. The molecule has 1 N–H and O–H groups in total. The zero-order chi connectivity index (χ0) is 13.6. The van der Waals surface area contributed by atoms with Crippen LogP contribution in [0.15, 0.2) is 23.1 Å². The molecule has 0 atom stereocenters. The van der Waals surface area contributed by atoms with Crippen LogP contribution < -0.4 is 0 Å². The summed E-state index contributed by atoms with van der Waals surface area (Å²) in [5.41, 5.74) is 0.606. The zero-order valence-electron chi connectivity index (χ0n) is 9.33. The largest absolute Gasteiger partial charge is 0.286 e. The Bertz CT molecular complexity index is 612. The van der Waals surface area contributed by atoms with Gasteiger partial charge in [0.05, 0.1) is 16.9 Å². The van der Waals surface area contributed by atoms with E-state index >= 15 is 0 Å². The Morgan fingerprint density at radius 3 is 2.56 bits per heavy atom. The molecule has 1 aromatic rings. The first-order valence-electron chi connectivity index (χ1n) is 4.99. The van der Waals surface area contributed by atoms with Crippen LogP contribution in [0.25, 0.3) is 0 Å². The van der Waals surface area contributed by atoms with Gasteiger partial charge in [0.15, 0.2) is 0 Å². The van der Waals surface area contributed by atoms with Crippen molar-refractivity contribution >= 4 is 21.9 Å². The Balaban J connectivity index is 2.70. The molecule has 0 aliphatic carbocycles. The van der Waals surface area contributed by atoms with Crippen LogP contribution in [-0.2, 0) is 10.1 Å². The molecule has 94 valence electrons. The van der Waals surface area contributed by atoms with Gasteiger partial charge < -0.3 is 0 Å². The summed E-state index contributed by atoms with van der Waals surface area (Å²) in [4.78, 5) is 0.645. The van der Waals surface area contributed by atoms with Crippen molar-refractivity contribution in [3.05, 3.63) is 29.3 Å². The molecule has 0 amide bonds. The maximum Gasteiger partial charge on any atom is 0.264 e. The molecular formula is C11H10N2O3S2. The number of hydrogen-bond donors (Lipinski definition) is 1. The maximum absolute atomic E-state index is 10.5. The van der Waals surface area contributed by atoms with Crippen LogP contribution in [0.2, 0.25) is 0 Å². The van der Waals surface area contributed by atoms with Gasteiger partial charge in [-0.2, -0.15) is 18.9 Å². The second kappa shape index (κ2) is 6.41. The second-order valence-electron chi connectivity index (χ2n) is 3.39.